The Morgan fingerprint density at radius 3 is 1.04 bits per heavy atom. The van der Waals surface area contributed by atoms with Crippen molar-refractivity contribution in [2.45, 2.75) is 63.7 Å². The minimum absolute atomic E-state index is 0. The number of alkyl halides is 8. The van der Waals surface area contributed by atoms with Gasteiger partial charge in [-0.1, -0.05) is 13.8 Å². The van der Waals surface area contributed by atoms with Crippen molar-refractivity contribution in [3.05, 3.63) is 0 Å². The second-order valence-electron chi connectivity index (χ2n) is 7.29. The maximum absolute atomic E-state index is 14.6. The summed E-state index contributed by atoms with van der Waals surface area (Å²) in [6.45, 7) is -1.98. The largest absolute Gasteiger partial charge is 0.314 e. The summed E-state index contributed by atoms with van der Waals surface area (Å²) in [5.74, 6) is -8.90. The van der Waals surface area contributed by atoms with Crippen molar-refractivity contribution in [2.24, 2.45) is 10.8 Å². The van der Waals surface area contributed by atoms with Crippen LogP contribution in [-0.2, 0) is 0 Å². The normalized spacial score (nSPS) is 44.5. The highest BCUT2D eigenvalue weighted by Gasteiger charge is 2.75. The molecule has 0 aromatic rings. The van der Waals surface area contributed by atoms with Gasteiger partial charge in [0.1, 0.15) is 13.3 Å². The molecular formula is C14H22F10. The van der Waals surface area contributed by atoms with Crippen LogP contribution in [0.2, 0.25) is 0 Å². The lowest BCUT2D eigenvalue weighted by Crippen LogP contribution is -2.67. The van der Waals surface area contributed by atoms with E-state index in [1.807, 2.05) is 0 Å². The van der Waals surface area contributed by atoms with Crippen LogP contribution >= 0.6 is 0 Å². The molecule has 148 valence electrons. The Bertz CT molecular complexity index is 397. The first-order valence-electron chi connectivity index (χ1n) is 6.79. The zero-order chi connectivity index (χ0) is 17.8. The van der Waals surface area contributed by atoms with Gasteiger partial charge in [-0.2, -0.15) is 8.78 Å². The maximum atomic E-state index is 14.6. The van der Waals surface area contributed by atoms with Crippen LogP contribution in [0, 0.1) is 10.8 Å². The quantitative estimate of drug-likeness (QED) is 0.534. The van der Waals surface area contributed by atoms with Gasteiger partial charge in [0.2, 0.25) is 0 Å². The molecule has 0 heterocycles. The summed E-state index contributed by atoms with van der Waals surface area (Å²) in [6, 6.07) is 0. The molecule has 1 aliphatic carbocycles. The molecule has 4 atom stereocenters. The second kappa shape index (κ2) is 6.55. The van der Waals surface area contributed by atoms with Crippen molar-refractivity contribution in [3.8, 4) is 0 Å². The van der Waals surface area contributed by atoms with E-state index in [1.54, 1.807) is 0 Å². The van der Waals surface area contributed by atoms with Crippen molar-refractivity contribution >= 4 is 0 Å². The SMILES string of the molecule is CC1(F)CC(C)(CF)C(F)(F)C(C)(CF)CC(C)(F)C1(F)F.F.F. The van der Waals surface area contributed by atoms with Crippen LogP contribution in [0.1, 0.15) is 40.5 Å². The van der Waals surface area contributed by atoms with Gasteiger partial charge in [0.15, 0.2) is 11.3 Å². The predicted molar refractivity (Wildman–Crippen MR) is 71.3 cm³/mol. The van der Waals surface area contributed by atoms with Gasteiger partial charge in [-0.05, 0) is 13.8 Å². The Balaban J connectivity index is 0. The summed E-state index contributed by atoms with van der Waals surface area (Å²) < 4.78 is 113. The molecule has 0 aliphatic heterocycles. The summed E-state index contributed by atoms with van der Waals surface area (Å²) in [4.78, 5) is 0. The molecule has 10 heteroatoms. The predicted octanol–water partition coefficient (Wildman–Crippen LogP) is 5.76. The van der Waals surface area contributed by atoms with Gasteiger partial charge in [-0.25, -0.2) is 17.6 Å². The van der Waals surface area contributed by atoms with Crippen LogP contribution in [-0.4, -0.2) is 36.5 Å². The van der Waals surface area contributed by atoms with Crippen molar-refractivity contribution in [1.82, 2.24) is 0 Å². The lowest BCUT2D eigenvalue weighted by atomic mass is 9.58. The molecule has 0 radical (unpaired) electrons. The monoisotopic (exact) mass is 380 g/mol. The molecule has 0 amide bonds. The fourth-order valence-electron chi connectivity index (χ4n) is 3.44. The molecule has 0 aromatic heterocycles. The molecule has 0 aromatic carbocycles. The van der Waals surface area contributed by atoms with E-state index in [-0.39, 0.29) is 23.3 Å². The summed E-state index contributed by atoms with van der Waals surface area (Å²) >= 11 is 0. The van der Waals surface area contributed by atoms with E-state index in [2.05, 4.69) is 0 Å². The van der Waals surface area contributed by atoms with Crippen molar-refractivity contribution in [1.29, 1.82) is 0 Å². The first kappa shape index (κ1) is 25.5. The van der Waals surface area contributed by atoms with E-state index < -0.39 is 60.2 Å². The third-order valence-corrected chi connectivity index (χ3v) is 4.86. The van der Waals surface area contributed by atoms with Gasteiger partial charge in [0, 0.05) is 12.8 Å². The molecule has 0 bridgehead atoms. The highest BCUT2D eigenvalue weighted by Crippen LogP contribution is 2.63. The van der Waals surface area contributed by atoms with E-state index in [1.165, 1.54) is 0 Å². The number of hydrogen-bond donors (Lipinski definition) is 0. The van der Waals surface area contributed by atoms with Gasteiger partial charge in [0.05, 0.1) is 10.8 Å². The first-order valence-corrected chi connectivity index (χ1v) is 6.79. The average Bonchev–Trinajstić information content (AvgIpc) is 2.35. The highest BCUT2D eigenvalue weighted by molar-refractivity contribution is 5.15. The number of rotatable bonds is 2. The summed E-state index contributed by atoms with van der Waals surface area (Å²) in [7, 11) is 0. The smallest absolute Gasteiger partial charge is 0.269 e. The summed E-state index contributed by atoms with van der Waals surface area (Å²) in [6.07, 6.45) is -3.27. The van der Waals surface area contributed by atoms with Crippen LogP contribution in [0.5, 0.6) is 0 Å². The van der Waals surface area contributed by atoms with E-state index in [0.29, 0.717) is 13.8 Å². The molecule has 0 saturated heterocycles. The standard InChI is InChI=1S/C14H20F8.2FH/c1-9(7-15)5-11(3,17)14(21,22)12(4,18)6-10(2,8-16)13(9,19)20;;/h5-8H2,1-4H3;2*1H. The summed E-state index contributed by atoms with van der Waals surface area (Å²) in [5, 5.41) is 0. The number of halogens is 10. The maximum Gasteiger partial charge on any atom is 0.314 e. The molecule has 1 aliphatic rings. The Hall–Kier alpha value is -0.700. The second-order valence-corrected chi connectivity index (χ2v) is 7.29. The molecular weight excluding hydrogens is 358 g/mol. The van der Waals surface area contributed by atoms with Gasteiger partial charge < -0.3 is 0 Å². The van der Waals surface area contributed by atoms with E-state index in [4.69, 9.17) is 0 Å². The zero-order valence-corrected chi connectivity index (χ0v) is 13.7. The van der Waals surface area contributed by atoms with E-state index in [9.17, 15) is 35.1 Å². The lowest BCUT2D eigenvalue weighted by molar-refractivity contribution is -0.298. The molecule has 0 nitrogen and oxygen atoms in total. The zero-order valence-electron chi connectivity index (χ0n) is 13.7. The molecule has 0 spiro atoms. The minimum atomic E-state index is -4.68. The van der Waals surface area contributed by atoms with Gasteiger partial charge >= 0.3 is 5.92 Å². The fourth-order valence-corrected chi connectivity index (χ4v) is 3.44. The Kier molecular flexibility index (Phi) is 6.97. The molecule has 4 unspecified atom stereocenters. The van der Waals surface area contributed by atoms with Crippen LogP contribution in [0.3, 0.4) is 0 Å². The molecule has 1 rings (SSSR count). The third kappa shape index (κ3) is 3.09. The van der Waals surface area contributed by atoms with Gasteiger partial charge in [-0.15, -0.1) is 0 Å². The van der Waals surface area contributed by atoms with Crippen molar-refractivity contribution < 1.29 is 44.5 Å². The Labute approximate surface area is 133 Å². The molecule has 24 heavy (non-hydrogen) atoms. The first-order chi connectivity index (χ1) is 9.54. The van der Waals surface area contributed by atoms with Crippen molar-refractivity contribution in [3.63, 3.8) is 0 Å². The Morgan fingerprint density at radius 1 is 0.583 bits per heavy atom. The number of hydrogen-bond acceptors (Lipinski definition) is 0. The molecule has 1 saturated carbocycles. The highest BCUT2D eigenvalue weighted by atomic mass is 19.3. The Morgan fingerprint density at radius 2 is 0.833 bits per heavy atom. The van der Waals surface area contributed by atoms with E-state index in [0.717, 1.165) is 0 Å². The average molecular weight is 380 g/mol. The lowest BCUT2D eigenvalue weighted by Gasteiger charge is -2.54. The molecule has 1 fully saturated rings. The fraction of sp³-hybridized carbons (Fsp3) is 1.00. The van der Waals surface area contributed by atoms with Crippen LogP contribution in [0.4, 0.5) is 44.5 Å². The van der Waals surface area contributed by atoms with Crippen LogP contribution in [0.25, 0.3) is 0 Å². The topological polar surface area (TPSA) is 0 Å². The van der Waals surface area contributed by atoms with E-state index >= 15 is 0 Å². The van der Waals surface area contributed by atoms with Crippen LogP contribution < -0.4 is 0 Å². The minimum Gasteiger partial charge on any atom is -0.269 e. The van der Waals surface area contributed by atoms with Gasteiger partial charge in [-0.3, -0.25) is 18.2 Å². The van der Waals surface area contributed by atoms with Gasteiger partial charge in [0.25, 0.3) is 5.92 Å². The van der Waals surface area contributed by atoms with Crippen molar-refractivity contribution in [2.75, 3.05) is 13.3 Å². The molecule has 0 N–H and O–H groups in total. The van der Waals surface area contributed by atoms with Crippen LogP contribution in [0.15, 0.2) is 0 Å². The summed E-state index contributed by atoms with van der Waals surface area (Å²) in [5.41, 5.74) is -13.2. The third-order valence-electron chi connectivity index (χ3n) is 4.86.